The monoisotopic (exact) mass is 365 g/mol. The van der Waals surface area contributed by atoms with Crippen molar-refractivity contribution in [2.75, 3.05) is 18.0 Å². The Morgan fingerprint density at radius 3 is 2.46 bits per heavy atom. The van der Waals surface area contributed by atoms with Gasteiger partial charge >= 0.3 is 0 Å². The lowest BCUT2D eigenvalue weighted by atomic mass is 10.1. The number of anilines is 1. The molecular weight excluding hydrogens is 342 g/mol. The first kappa shape index (κ1) is 19.5. The zero-order valence-electron chi connectivity index (χ0n) is 15.1. The SMILES string of the molecule is CCN(CC)c1ccc(/C=C(\C#N)C(N)=S)c(OCc2ccccc2)c1. The first-order chi connectivity index (χ1) is 12.6. The van der Waals surface area contributed by atoms with Crippen LogP contribution in [0.3, 0.4) is 0 Å². The van der Waals surface area contributed by atoms with Gasteiger partial charge in [0.05, 0.1) is 5.57 Å². The highest BCUT2D eigenvalue weighted by molar-refractivity contribution is 7.80. The standard InChI is InChI=1S/C21H23N3OS/c1-3-24(4-2)19-11-10-17(12-18(14-22)21(23)26)20(13-19)25-15-16-8-6-5-7-9-16/h5-13H,3-4,15H2,1-2H3,(H2,23,26)/b18-12+. The molecule has 0 saturated carbocycles. The summed E-state index contributed by atoms with van der Waals surface area (Å²) in [5, 5.41) is 9.24. The van der Waals surface area contributed by atoms with Crippen molar-refractivity contribution in [2.24, 2.45) is 5.73 Å². The summed E-state index contributed by atoms with van der Waals surface area (Å²) in [7, 11) is 0. The molecule has 0 heterocycles. The molecule has 134 valence electrons. The molecule has 2 N–H and O–H groups in total. The number of nitrogens with two attached hydrogens (primary N) is 1. The molecule has 0 aliphatic carbocycles. The fourth-order valence-electron chi connectivity index (χ4n) is 2.60. The second-order valence-electron chi connectivity index (χ2n) is 5.70. The molecule has 0 amide bonds. The minimum atomic E-state index is 0.0781. The van der Waals surface area contributed by atoms with Gasteiger partial charge in [-0.2, -0.15) is 5.26 Å². The number of thiocarbonyl (C=S) groups is 1. The Balaban J connectivity index is 2.39. The summed E-state index contributed by atoms with van der Waals surface area (Å²) < 4.78 is 6.06. The van der Waals surface area contributed by atoms with Crippen LogP contribution in [0.1, 0.15) is 25.0 Å². The van der Waals surface area contributed by atoms with E-state index in [2.05, 4.69) is 18.7 Å². The van der Waals surface area contributed by atoms with Crippen molar-refractivity contribution in [3.8, 4) is 11.8 Å². The number of hydrogen-bond donors (Lipinski definition) is 1. The van der Waals surface area contributed by atoms with E-state index in [0.717, 1.165) is 29.9 Å². The summed E-state index contributed by atoms with van der Waals surface area (Å²) in [5.41, 5.74) is 8.81. The number of nitrogens with zero attached hydrogens (tertiary/aromatic N) is 2. The Morgan fingerprint density at radius 2 is 1.88 bits per heavy atom. The first-order valence-corrected chi connectivity index (χ1v) is 8.97. The van der Waals surface area contributed by atoms with Crippen LogP contribution < -0.4 is 15.4 Å². The van der Waals surface area contributed by atoms with Crippen LogP contribution in [0.4, 0.5) is 5.69 Å². The number of hydrogen-bond acceptors (Lipinski definition) is 4. The van der Waals surface area contributed by atoms with Crippen LogP contribution in [0.25, 0.3) is 6.08 Å². The molecule has 0 aliphatic heterocycles. The van der Waals surface area contributed by atoms with E-state index in [9.17, 15) is 5.26 Å². The second kappa shape index (κ2) is 9.59. The molecule has 0 unspecified atom stereocenters. The van der Waals surface area contributed by atoms with Crippen molar-refractivity contribution in [2.45, 2.75) is 20.5 Å². The molecule has 0 aromatic heterocycles. The van der Waals surface area contributed by atoms with Crippen LogP contribution in [-0.2, 0) is 6.61 Å². The fourth-order valence-corrected chi connectivity index (χ4v) is 2.71. The zero-order chi connectivity index (χ0) is 18.9. The average molecular weight is 366 g/mol. The largest absolute Gasteiger partial charge is 0.488 e. The van der Waals surface area contributed by atoms with Gasteiger partial charge in [-0.05, 0) is 37.6 Å². The summed E-state index contributed by atoms with van der Waals surface area (Å²) in [6.07, 6.45) is 1.68. The average Bonchev–Trinajstić information content (AvgIpc) is 2.67. The van der Waals surface area contributed by atoms with Gasteiger partial charge in [0.2, 0.25) is 0 Å². The topological polar surface area (TPSA) is 62.3 Å². The number of ether oxygens (including phenoxy) is 1. The van der Waals surface area contributed by atoms with Crippen LogP contribution in [-0.4, -0.2) is 18.1 Å². The highest BCUT2D eigenvalue weighted by atomic mass is 32.1. The van der Waals surface area contributed by atoms with Crippen LogP contribution in [0.5, 0.6) is 5.75 Å². The van der Waals surface area contributed by atoms with Gasteiger partial charge in [0.15, 0.2) is 0 Å². The van der Waals surface area contributed by atoms with Gasteiger partial charge in [0.25, 0.3) is 0 Å². The van der Waals surface area contributed by atoms with Crippen molar-refractivity contribution in [3.05, 3.63) is 65.2 Å². The summed E-state index contributed by atoms with van der Waals surface area (Å²) >= 11 is 4.94. The maximum atomic E-state index is 9.24. The highest BCUT2D eigenvalue weighted by Gasteiger charge is 2.10. The first-order valence-electron chi connectivity index (χ1n) is 8.56. The Morgan fingerprint density at radius 1 is 1.19 bits per heavy atom. The van der Waals surface area contributed by atoms with E-state index in [0.29, 0.717) is 12.4 Å². The van der Waals surface area contributed by atoms with Crippen molar-refractivity contribution in [1.82, 2.24) is 0 Å². The van der Waals surface area contributed by atoms with E-state index >= 15 is 0 Å². The lowest BCUT2D eigenvalue weighted by Crippen LogP contribution is -2.21. The summed E-state index contributed by atoms with van der Waals surface area (Å²) in [6, 6.07) is 17.9. The van der Waals surface area contributed by atoms with Crippen molar-refractivity contribution >= 4 is 29.0 Å². The molecule has 0 bridgehead atoms. The molecule has 0 saturated heterocycles. The van der Waals surface area contributed by atoms with Gasteiger partial charge in [-0.3, -0.25) is 0 Å². The number of rotatable bonds is 8. The predicted molar refractivity (Wildman–Crippen MR) is 111 cm³/mol. The van der Waals surface area contributed by atoms with Crippen LogP contribution in [0.2, 0.25) is 0 Å². The van der Waals surface area contributed by atoms with Gasteiger partial charge in [-0.1, -0.05) is 42.5 Å². The molecule has 2 rings (SSSR count). The predicted octanol–water partition coefficient (Wildman–Crippen LogP) is 4.30. The maximum Gasteiger partial charge on any atom is 0.129 e. The van der Waals surface area contributed by atoms with E-state index in [4.69, 9.17) is 22.7 Å². The molecule has 0 atom stereocenters. The lowest BCUT2D eigenvalue weighted by molar-refractivity contribution is 0.305. The van der Waals surface area contributed by atoms with Gasteiger partial charge in [0, 0.05) is 30.4 Å². The summed E-state index contributed by atoms with van der Waals surface area (Å²) in [6.45, 7) is 6.48. The Kier molecular flexibility index (Phi) is 7.19. The van der Waals surface area contributed by atoms with Gasteiger partial charge in [-0.25, -0.2) is 0 Å². The Bertz CT molecular complexity index is 821. The third-order valence-electron chi connectivity index (χ3n) is 4.05. The molecule has 2 aromatic rings. The molecule has 2 aromatic carbocycles. The normalized spacial score (nSPS) is 10.9. The van der Waals surface area contributed by atoms with E-state index in [-0.39, 0.29) is 10.6 Å². The molecule has 0 radical (unpaired) electrons. The lowest BCUT2D eigenvalue weighted by Gasteiger charge is -2.22. The number of nitriles is 1. The van der Waals surface area contributed by atoms with Crippen molar-refractivity contribution < 1.29 is 4.74 Å². The molecule has 0 fully saturated rings. The summed E-state index contributed by atoms with van der Waals surface area (Å²) in [4.78, 5) is 2.32. The Labute approximate surface area is 160 Å². The minimum Gasteiger partial charge on any atom is -0.488 e. The number of benzene rings is 2. The van der Waals surface area contributed by atoms with E-state index < -0.39 is 0 Å². The van der Waals surface area contributed by atoms with Crippen LogP contribution >= 0.6 is 12.2 Å². The quantitative estimate of drug-likeness (QED) is 0.429. The molecule has 0 aliphatic rings. The van der Waals surface area contributed by atoms with E-state index in [1.54, 1.807) is 6.08 Å². The second-order valence-corrected chi connectivity index (χ2v) is 6.14. The van der Waals surface area contributed by atoms with Gasteiger partial charge < -0.3 is 15.4 Å². The van der Waals surface area contributed by atoms with Gasteiger partial charge in [-0.15, -0.1) is 0 Å². The van der Waals surface area contributed by atoms with Crippen LogP contribution in [0.15, 0.2) is 54.1 Å². The van der Waals surface area contributed by atoms with Crippen LogP contribution in [0, 0.1) is 11.3 Å². The maximum absolute atomic E-state index is 9.24. The fraction of sp³-hybridized carbons (Fsp3) is 0.238. The molecule has 5 heteroatoms. The zero-order valence-corrected chi connectivity index (χ0v) is 15.9. The molecular formula is C21H23N3OS. The van der Waals surface area contributed by atoms with Crippen molar-refractivity contribution in [3.63, 3.8) is 0 Å². The minimum absolute atomic E-state index is 0.0781. The highest BCUT2D eigenvalue weighted by Crippen LogP contribution is 2.28. The molecule has 4 nitrogen and oxygen atoms in total. The smallest absolute Gasteiger partial charge is 0.129 e. The molecule has 0 spiro atoms. The summed E-state index contributed by atoms with van der Waals surface area (Å²) in [5.74, 6) is 0.697. The third-order valence-corrected chi connectivity index (χ3v) is 4.27. The van der Waals surface area contributed by atoms with E-state index in [1.165, 1.54) is 0 Å². The van der Waals surface area contributed by atoms with E-state index in [1.807, 2.05) is 54.6 Å². The van der Waals surface area contributed by atoms with Gasteiger partial charge in [0.1, 0.15) is 23.4 Å². The molecule has 26 heavy (non-hydrogen) atoms. The third kappa shape index (κ3) is 5.08. The Hall–Kier alpha value is -2.84. The van der Waals surface area contributed by atoms with Crippen molar-refractivity contribution in [1.29, 1.82) is 5.26 Å².